The number of rotatable bonds is 8. The van der Waals surface area contributed by atoms with Crippen LogP contribution < -0.4 is 19.7 Å². The second-order valence-corrected chi connectivity index (χ2v) is 10.1. The molecular weight excluding hydrogens is 506 g/mol. The Morgan fingerprint density at radius 1 is 1.05 bits per heavy atom. The van der Waals surface area contributed by atoms with Crippen molar-refractivity contribution >= 4 is 23.2 Å². The fourth-order valence-electron chi connectivity index (χ4n) is 4.22. The number of anilines is 1. The molecule has 0 bridgehead atoms. The summed E-state index contributed by atoms with van der Waals surface area (Å²) in [6, 6.07) is 13.1. The number of ether oxygens (including phenoxy) is 2. The standard InChI is InChI=1S/C29H30F2N4O4/c1-5-35(20-9-11-24-25(15-20)39-29(30,31)38-24)26(36)17-34-27(37)21-10-8-19(28(2,3)4)14-22(21)23(32)13-18-7-6-12-33-16-18/h6-12,14-16,32H,5,13,17H2,1-4H3,(H,34,37). The normalized spacial score (nSPS) is 13.6. The fraction of sp³-hybridized carbons (Fsp3) is 0.310. The van der Waals surface area contributed by atoms with Crippen molar-refractivity contribution < 1.29 is 27.8 Å². The molecule has 0 saturated carbocycles. The molecule has 8 nitrogen and oxygen atoms in total. The van der Waals surface area contributed by atoms with Crippen LogP contribution in [0.1, 0.15) is 54.7 Å². The molecule has 2 heterocycles. The summed E-state index contributed by atoms with van der Waals surface area (Å²) in [5.41, 5.74) is 2.92. The van der Waals surface area contributed by atoms with Crippen molar-refractivity contribution in [2.24, 2.45) is 0 Å². The number of alkyl halides is 2. The van der Waals surface area contributed by atoms with Gasteiger partial charge in [-0.2, -0.15) is 0 Å². The van der Waals surface area contributed by atoms with Crippen molar-refractivity contribution in [2.45, 2.75) is 45.8 Å². The molecule has 1 aliphatic heterocycles. The topological polar surface area (TPSA) is 105 Å². The Balaban J connectivity index is 1.52. The van der Waals surface area contributed by atoms with Crippen molar-refractivity contribution in [2.75, 3.05) is 18.0 Å². The van der Waals surface area contributed by atoms with Gasteiger partial charge in [0.1, 0.15) is 0 Å². The summed E-state index contributed by atoms with van der Waals surface area (Å²) in [4.78, 5) is 31.7. The van der Waals surface area contributed by atoms with Crippen LogP contribution in [0, 0.1) is 5.41 Å². The van der Waals surface area contributed by atoms with Crippen LogP contribution in [-0.4, -0.2) is 41.9 Å². The zero-order chi connectivity index (χ0) is 28.4. The molecule has 1 aliphatic rings. The summed E-state index contributed by atoms with van der Waals surface area (Å²) < 4.78 is 35.7. The predicted octanol–water partition coefficient (Wildman–Crippen LogP) is 5.09. The van der Waals surface area contributed by atoms with Crippen molar-refractivity contribution in [1.29, 1.82) is 5.41 Å². The van der Waals surface area contributed by atoms with Crippen LogP contribution in [0.15, 0.2) is 60.9 Å². The molecule has 2 N–H and O–H groups in total. The van der Waals surface area contributed by atoms with E-state index in [0.29, 0.717) is 11.3 Å². The van der Waals surface area contributed by atoms with Crippen LogP contribution in [0.25, 0.3) is 0 Å². The van der Waals surface area contributed by atoms with E-state index in [4.69, 9.17) is 5.41 Å². The van der Waals surface area contributed by atoms with Gasteiger partial charge < -0.3 is 25.1 Å². The van der Waals surface area contributed by atoms with Crippen LogP contribution >= 0.6 is 0 Å². The molecule has 0 fully saturated rings. The van der Waals surface area contributed by atoms with Gasteiger partial charge >= 0.3 is 6.29 Å². The van der Waals surface area contributed by atoms with Crippen molar-refractivity contribution in [3.05, 3.63) is 83.2 Å². The number of fused-ring (bicyclic) bond motifs is 1. The number of carbonyl (C=O) groups excluding carboxylic acids is 2. The number of aromatic nitrogens is 1. The Kier molecular flexibility index (Phi) is 7.67. The molecule has 39 heavy (non-hydrogen) atoms. The van der Waals surface area contributed by atoms with E-state index in [9.17, 15) is 18.4 Å². The lowest BCUT2D eigenvalue weighted by atomic mass is 9.84. The summed E-state index contributed by atoms with van der Waals surface area (Å²) in [6.45, 7) is 7.76. The molecule has 204 valence electrons. The molecule has 2 aromatic carbocycles. The Morgan fingerprint density at radius 2 is 1.79 bits per heavy atom. The van der Waals surface area contributed by atoms with E-state index in [2.05, 4.69) is 19.8 Å². The third-order valence-electron chi connectivity index (χ3n) is 6.27. The van der Waals surface area contributed by atoms with Gasteiger partial charge in [0.15, 0.2) is 11.5 Å². The first-order valence-corrected chi connectivity index (χ1v) is 12.5. The highest BCUT2D eigenvalue weighted by Crippen LogP contribution is 2.42. The Morgan fingerprint density at radius 3 is 2.46 bits per heavy atom. The second kappa shape index (κ2) is 10.8. The monoisotopic (exact) mass is 536 g/mol. The molecule has 0 saturated heterocycles. The van der Waals surface area contributed by atoms with Crippen LogP contribution in [-0.2, 0) is 16.6 Å². The smallest absolute Gasteiger partial charge is 0.395 e. The number of pyridine rings is 1. The Hall–Kier alpha value is -4.34. The lowest BCUT2D eigenvalue weighted by Gasteiger charge is -2.23. The Bertz CT molecular complexity index is 1400. The van der Waals surface area contributed by atoms with Gasteiger partial charge in [0.25, 0.3) is 5.91 Å². The summed E-state index contributed by atoms with van der Waals surface area (Å²) in [6.07, 6.45) is -0.146. The zero-order valence-corrected chi connectivity index (χ0v) is 22.2. The Labute approximate surface area is 225 Å². The molecule has 0 unspecified atom stereocenters. The maximum absolute atomic E-state index is 13.4. The number of nitrogens with one attached hydrogen (secondary N) is 2. The molecule has 1 aromatic heterocycles. The molecule has 0 atom stereocenters. The van der Waals surface area contributed by atoms with Gasteiger partial charge in [-0.15, -0.1) is 8.78 Å². The lowest BCUT2D eigenvalue weighted by Crippen LogP contribution is -2.40. The second-order valence-electron chi connectivity index (χ2n) is 10.1. The van der Waals surface area contributed by atoms with E-state index in [-0.39, 0.29) is 47.7 Å². The van der Waals surface area contributed by atoms with Gasteiger partial charge in [-0.05, 0) is 53.8 Å². The van der Waals surface area contributed by atoms with E-state index in [1.165, 1.54) is 23.1 Å². The van der Waals surface area contributed by atoms with Crippen molar-refractivity contribution in [1.82, 2.24) is 10.3 Å². The highest BCUT2D eigenvalue weighted by molar-refractivity contribution is 6.10. The minimum absolute atomic E-state index is 0.125. The number of carbonyl (C=O) groups is 2. The number of hydrogen-bond acceptors (Lipinski definition) is 6. The van der Waals surface area contributed by atoms with Crippen LogP contribution in [0.4, 0.5) is 14.5 Å². The number of amides is 2. The summed E-state index contributed by atoms with van der Waals surface area (Å²) in [5.74, 6) is -1.25. The molecular formula is C29H30F2N4O4. The lowest BCUT2D eigenvalue weighted by molar-refractivity contribution is -0.286. The summed E-state index contributed by atoms with van der Waals surface area (Å²) in [5, 5.41) is 11.4. The first kappa shape index (κ1) is 27.7. The van der Waals surface area contributed by atoms with Gasteiger partial charge in [-0.1, -0.05) is 32.9 Å². The molecule has 4 rings (SSSR count). The third kappa shape index (κ3) is 6.39. The minimum atomic E-state index is -3.76. The average Bonchev–Trinajstić information content (AvgIpc) is 3.20. The molecule has 0 spiro atoms. The first-order chi connectivity index (χ1) is 18.4. The van der Waals surface area contributed by atoms with E-state index in [0.717, 1.165) is 11.1 Å². The van der Waals surface area contributed by atoms with Crippen molar-refractivity contribution in [3.8, 4) is 11.5 Å². The van der Waals surface area contributed by atoms with Gasteiger partial charge in [-0.25, -0.2) is 0 Å². The van der Waals surface area contributed by atoms with Crippen LogP contribution in [0.5, 0.6) is 11.5 Å². The number of benzene rings is 2. The fourth-order valence-corrected chi connectivity index (χ4v) is 4.22. The SMILES string of the molecule is CCN(C(=O)CNC(=O)c1ccc(C(C)(C)C)cc1C(=N)Cc1cccnc1)c1ccc2c(c1)OC(F)(F)O2. The molecule has 10 heteroatoms. The van der Waals surface area contributed by atoms with E-state index < -0.39 is 18.1 Å². The maximum atomic E-state index is 13.4. The minimum Gasteiger partial charge on any atom is -0.395 e. The van der Waals surface area contributed by atoms with Gasteiger partial charge in [-0.3, -0.25) is 14.6 Å². The van der Waals surface area contributed by atoms with Gasteiger partial charge in [0.2, 0.25) is 5.91 Å². The highest BCUT2D eigenvalue weighted by atomic mass is 19.3. The van der Waals surface area contributed by atoms with Gasteiger partial charge in [0, 0.05) is 54.0 Å². The van der Waals surface area contributed by atoms with Crippen molar-refractivity contribution in [3.63, 3.8) is 0 Å². The first-order valence-electron chi connectivity index (χ1n) is 12.5. The highest BCUT2D eigenvalue weighted by Gasteiger charge is 2.43. The number of likely N-dealkylation sites (N-methyl/N-ethyl adjacent to an activating group) is 1. The quantitative estimate of drug-likeness (QED) is 0.390. The predicted molar refractivity (Wildman–Crippen MR) is 143 cm³/mol. The van der Waals surface area contributed by atoms with E-state index in [1.54, 1.807) is 31.5 Å². The molecule has 0 radical (unpaired) electrons. The largest absolute Gasteiger partial charge is 0.586 e. The van der Waals surface area contributed by atoms with Gasteiger partial charge in [0.05, 0.1) is 6.54 Å². The number of nitrogens with zero attached hydrogens (tertiary/aromatic N) is 2. The zero-order valence-electron chi connectivity index (χ0n) is 22.2. The summed E-state index contributed by atoms with van der Waals surface area (Å²) in [7, 11) is 0. The summed E-state index contributed by atoms with van der Waals surface area (Å²) >= 11 is 0. The van der Waals surface area contributed by atoms with E-state index >= 15 is 0 Å². The molecule has 2 amide bonds. The maximum Gasteiger partial charge on any atom is 0.586 e. The van der Waals surface area contributed by atoms with Crippen LogP contribution in [0.3, 0.4) is 0 Å². The average molecular weight is 537 g/mol. The number of hydrogen-bond donors (Lipinski definition) is 2. The van der Waals surface area contributed by atoms with E-state index in [1.807, 2.05) is 39.0 Å². The third-order valence-corrected chi connectivity index (χ3v) is 6.27. The molecule has 0 aliphatic carbocycles. The molecule has 3 aromatic rings. The number of halogens is 2. The van der Waals surface area contributed by atoms with Crippen LogP contribution in [0.2, 0.25) is 0 Å².